The van der Waals surface area contributed by atoms with Crippen LogP contribution in [0.15, 0.2) is 41.7 Å². The van der Waals surface area contributed by atoms with E-state index in [1.54, 1.807) is 0 Å². The third-order valence-corrected chi connectivity index (χ3v) is 3.41. The summed E-state index contributed by atoms with van der Waals surface area (Å²) in [5.41, 5.74) is 0.851. The lowest BCUT2D eigenvalue weighted by Gasteiger charge is -2.04. The quantitative estimate of drug-likeness (QED) is 0.868. The van der Waals surface area contributed by atoms with Crippen molar-refractivity contribution in [2.45, 2.75) is 4.90 Å². The van der Waals surface area contributed by atoms with E-state index in [4.69, 9.17) is 0 Å². The highest BCUT2D eigenvalue weighted by molar-refractivity contribution is 7.90. The maximum Gasteiger partial charge on any atom is 0.273 e. The highest BCUT2D eigenvalue weighted by Gasteiger charge is 2.09. The second kappa shape index (κ2) is 4.61. The molecule has 94 valence electrons. The van der Waals surface area contributed by atoms with Crippen LogP contribution in [0, 0.1) is 0 Å². The second-order valence-electron chi connectivity index (χ2n) is 3.72. The van der Waals surface area contributed by atoms with Crippen molar-refractivity contribution < 1.29 is 13.2 Å². The molecule has 0 aliphatic rings. The Morgan fingerprint density at radius 2 is 1.94 bits per heavy atom. The van der Waals surface area contributed by atoms with Crippen LogP contribution in [0.2, 0.25) is 0 Å². The number of aromatic amines is 1. The Labute approximate surface area is 104 Å². The van der Waals surface area contributed by atoms with Crippen LogP contribution < -0.4 is 5.32 Å². The summed E-state index contributed by atoms with van der Waals surface area (Å²) in [6.07, 6.45) is 3.94. The van der Waals surface area contributed by atoms with E-state index in [0.717, 1.165) is 6.26 Å². The molecule has 18 heavy (non-hydrogen) atoms. The van der Waals surface area contributed by atoms with Gasteiger partial charge in [-0.25, -0.2) is 13.4 Å². The van der Waals surface area contributed by atoms with Gasteiger partial charge in [0.05, 0.1) is 17.4 Å². The molecule has 0 fully saturated rings. The van der Waals surface area contributed by atoms with Gasteiger partial charge in [-0.15, -0.1) is 0 Å². The molecule has 0 radical (unpaired) electrons. The van der Waals surface area contributed by atoms with Crippen LogP contribution in [0.5, 0.6) is 0 Å². The van der Waals surface area contributed by atoms with Crippen molar-refractivity contribution in [3.8, 4) is 0 Å². The van der Waals surface area contributed by atoms with Gasteiger partial charge in [0.15, 0.2) is 9.84 Å². The Morgan fingerprint density at radius 3 is 2.44 bits per heavy atom. The van der Waals surface area contributed by atoms with Gasteiger partial charge in [-0.2, -0.15) is 0 Å². The number of benzene rings is 1. The molecule has 1 aromatic heterocycles. The number of hydrogen-bond acceptors (Lipinski definition) is 4. The van der Waals surface area contributed by atoms with Crippen molar-refractivity contribution in [3.05, 3.63) is 42.5 Å². The number of rotatable bonds is 3. The Hall–Kier alpha value is -2.15. The number of imidazole rings is 1. The Balaban J connectivity index is 2.14. The van der Waals surface area contributed by atoms with Gasteiger partial charge in [-0.3, -0.25) is 4.79 Å². The number of carbonyl (C=O) groups excluding carboxylic acids is 1. The maximum atomic E-state index is 11.7. The van der Waals surface area contributed by atoms with E-state index < -0.39 is 9.84 Å². The molecule has 0 spiro atoms. The van der Waals surface area contributed by atoms with E-state index in [2.05, 4.69) is 15.3 Å². The summed E-state index contributed by atoms with van der Waals surface area (Å²) >= 11 is 0. The zero-order chi connectivity index (χ0) is 13.2. The standard InChI is InChI=1S/C11H11N3O3S/c1-18(16,17)9-4-2-8(3-5-9)14-11(15)10-6-12-7-13-10/h2-7H,1H3,(H,12,13)(H,14,15). The lowest BCUT2D eigenvalue weighted by Crippen LogP contribution is -2.12. The first-order valence-electron chi connectivity index (χ1n) is 5.06. The highest BCUT2D eigenvalue weighted by Crippen LogP contribution is 2.14. The molecule has 7 heteroatoms. The van der Waals surface area contributed by atoms with Crippen molar-refractivity contribution in [2.75, 3.05) is 11.6 Å². The zero-order valence-electron chi connectivity index (χ0n) is 9.54. The third-order valence-electron chi connectivity index (χ3n) is 2.28. The topological polar surface area (TPSA) is 91.9 Å². The number of sulfone groups is 1. The first kappa shape index (κ1) is 12.3. The predicted molar refractivity (Wildman–Crippen MR) is 66.1 cm³/mol. The monoisotopic (exact) mass is 265 g/mol. The maximum absolute atomic E-state index is 11.7. The SMILES string of the molecule is CS(=O)(=O)c1ccc(NC(=O)c2cnc[nH]2)cc1. The first-order chi connectivity index (χ1) is 8.47. The van der Waals surface area contributed by atoms with Crippen LogP contribution in [0.4, 0.5) is 5.69 Å². The predicted octanol–water partition coefficient (Wildman–Crippen LogP) is 1.07. The highest BCUT2D eigenvalue weighted by atomic mass is 32.2. The Morgan fingerprint density at radius 1 is 1.28 bits per heavy atom. The average Bonchev–Trinajstić information content (AvgIpc) is 2.82. The van der Waals surface area contributed by atoms with Gasteiger partial charge in [0.2, 0.25) is 0 Å². The molecule has 6 nitrogen and oxygen atoms in total. The summed E-state index contributed by atoms with van der Waals surface area (Å²) in [4.78, 5) is 18.3. The molecule has 0 atom stereocenters. The van der Waals surface area contributed by atoms with E-state index in [0.29, 0.717) is 11.4 Å². The lowest BCUT2D eigenvalue weighted by molar-refractivity contribution is 0.102. The fourth-order valence-electron chi connectivity index (χ4n) is 1.36. The molecule has 2 aromatic rings. The minimum Gasteiger partial charge on any atom is -0.341 e. The Kier molecular flexibility index (Phi) is 3.15. The van der Waals surface area contributed by atoms with E-state index in [1.807, 2.05) is 0 Å². The number of aromatic nitrogens is 2. The van der Waals surface area contributed by atoms with Crippen molar-refractivity contribution in [1.29, 1.82) is 0 Å². The number of H-pyrrole nitrogens is 1. The molecular formula is C11H11N3O3S. The van der Waals surface area contributed by atoms with E-state index in [-0.39, 0.29) is 10.8 Å². The summed E-state index contributed by atoms with van der Waals surface area (Å²) < 4.78 is 22.5. The number of nitrogens with zero attached hydrogens (tertiary/aromatic N) is 1. The van der Waals surface area contributed by atoms with Crippen LogP contribution in [-0.2, 0) is 9.84 Å². The summed E-state index contributed by atoms with van der Waals surface area (Å²) in [6.45, 7) is 0. The molecule has 1 heterocycles. The van der Waals surface area contributed by atoms with Crippen molar-refractivity contribution in [2.24, 2.45) is 0 Å². The number of carbonyl (C=O) groups is 1. The van der Waals surface area contributed by atoms with Gasteiger partial charge in [-0.1, -0.05) is 0 Å². The molecule has 0 saturated heterocycles. The molecule has 2 rings (SSSR count). The molecular weight excluding hydrogens is 254 g/mol. The number of amides is 1. The number of nitrogens with one attached hydrogen (secondary N) is 2. The molecule has 1 aromatic carbocycles. The summed E-state index contributed by atoms with van der Waals surface area (Å²) in [5, 5.41) is 2.62. The molecule has 1 amide bonds. The van der Waals surface area contributed by atoms with E-state index >= 15 is 0 Å². The van der Waals surface area contributed by atoms with Gasteiger partial charge in [0, 0.05) is 11.9 Å². The van der Waals surface area contributed by atoms with Crippen molar-refractivity contribution in [1.82, 2.24) is 9.97 Å². The van der Waals surface area contributed by atoms with E-state index in [9.17, 15) is 13.2 Å². The molecule has 2 N–H and O–H groups in total. The van der Waals surface area contributed by atoms with Crippen LogP contribution >= 0.6 is 0 Å². The molecule has 0 aliphatic heterocycles. The number of hydrogen-bond donors (Lipinski definition) is 2. The van der Waals surface area contributed by atoms with Gasteiger partial charge < -0.3 is 10.3 Å². The van der Waals surface area contributed by atoms with Crippen LogP contribution in [0.3, 0.4) is 0 Å². The van der Waals surface area contributed by atoms with Gasteiger partial charge in [-0.05, 0) is 24.3 Å². The zero-order valence-corrected chi connectivity index (χ0v) is 10.4. The van der Waals surface area contributed by atoms with Gasteiger partial charge >= 0.3 is 0 Å². The molecule has 0 unspecified atom stereocenters. The van der Waals surface area contributed by atoms with Crippen molar-refractivity contribution in [3.63, 3.8) is 0 Å². The van der Waals surface area contributed by atoms with Crippen LogP contribution in [0.25, 0.3) is 0 Å². The minimum atomic E-state index is -3.22. The van der Waals surface area contributed by atoms with Crippen LogP contribution in [-0.4, -0.2) is 30.5 Å². The minimum absolute atomic E-state index is 0.210. The third kappa shape index (κ3) is 2.75. The Bertz CT molecular complexity index is 645. The molecule has 0 aliphatic carbocycles. The van der Waals surface area contributed by atoms with Gasteiger partial charge in [0.1, 0.15) is 5.69 Å². The summed E-state index contributed by atoms with van der Waals surface area (Å²) in [5.74, 6) is -0.334. The number of anilines is 1. The smallest absolute Gasteiger partial charge is 0.273 e. The lowest BCUT2D eigenvalue weighted by atomic mass is 10.3. The molecule has 0 bridgehead atoms. The fraction of sp³-hybridized carbons (Fsp3) is 0.0909. The van der Waals surface area contributed by atoms with Gasteiger partial charge in [0.25, 0.3) is 5.91 Å². The fourth-order valence-corrected chi connectivity index (χ4v) is 1.99. The summed E-state index contributed by atoms with van der Waals surface area (Å²) in [6, 6.07) is 5.95. The second-order valence-corrected chi connectivity index (χ2v) is 5.73. The van der Waals surface area contributed by atoms with E-state index in [1.165, 1.54) is 36.8 Å². The average molecular weight is 265 g/mol. The van der Waals surface area contributed by atoms with Crippen LogP contribution in [0.1, 0.15) is 10.5 Å². The van der Waals surface area contributed by atoms with Crippen molar-refractivity contribution >= 4 is 21.4 Å². The molecule has 0 saturated carbocycles. The normalized spacial score (nSPS) is 11.2. The largest absolute Gasteiger partial charge is 0.341 e. The first-order valence-corrected chi connectivity index (χ1v) is 6.96. The summed E-state index contributed by atoms with van der Waals surface area (Å²) in [7, 11) is -3.22.